The predicted octanol–water partition coefficient (Wildman–Crippen LogP) is 3.71. The number of rotatable bonds is 6. The highest BCUT2D eigenvalue weighted by molar-refractivity contribution is 9.10. The molecule has 1 aromatic heterocycles. The first-order chi connectivity index (χ1) is 13.9. The van der Waals surface area contributed by atoms with Crippen LogP contribution in [0.4, 0.5) is 0 Å². The first kappa shape index (κ1) is 21.4. The molecule has 0 saturated carbocycles. The summed E-state index contributed by atoms with van der Waals surface area (Å²) in [7, 11) is 1.51. The molecule has 0 unspecified atom stereocenters. The highest BCUT2D eigenvalue weighted by atomic mass is 79.9. The van der Waals surface area contributed by atoms with Crippen LogP contribution in [-0.2, 0) is 11.2 Å². The summed E-state index contributed by atoms with van der Waals surface area (Å²) in [6.07, 6.45) is 0.0632. The quantitative estimate of drug-likeness (QED) is 0.565. The molecular weight excluding hydrogens is 460 g/mol. The highest BCUT2D eigenvalue weighted by Crippen LogP contribution is 2.35. The fourth-order valence-electron chi connectivity index (χ4n) is 3.26. The largest absolute Gasteiger partial charge is 0.495 e. The number of hydrogen-bond acceptors (Lipinski definition) is 4. The van der Waals surface area contributed by atoms with E-state index in [-0.39, 0.29) is 31.4 Å². The molecule has 0 atom stereocenters. The summed E-state index contributed by atoms with van der Waals surface area (Å²) in [6.45, 7) is 1.83. The van der Waals surface area contributed by atoms with Gasteiger partial charge in [0.15, 0.2) is 0 Å². The Balaban J connectivity index is 2.17. The van der Waals surface area contributed by atoms with Gasteiger partial charge in [0.05, 0.1) is 30.7 Å². The van der Waals surface area contributed by atoms with E-state index in [1.54, 1.807) is 47.9 Å². The van der Waals surface area contributed by atoms with Crippen LogP contribution in [0.3, 0.4) is 0 Å². The SMILES string of the molecule is COc1cc2c(CC(=O)NCCO)c(C)n(C(=O)c3ccc(Br)cc3)c2cc1Cl. The summed E-state index contributed by atoms with van der Waals surface area (Å²) in [5.41, 5.74) is 2.47. The summed E-state index contributed by atoms with van der Waals surface area (Å²) in [4.78, 5) is 25.6. The third-order valence-electron chi connectivity index (χ3n) is 4.67. The summed E-state index contributed by atoms with van der Waals surface area (Å²) in [6, 6.07) is 10.5. The molecule has 8 heteroatoms. The fraction of sp³-hybridized carbons (Fsp3) is 0.238. The second-order valence-corrected chi connectivity index (χ2v) is 7.79. The Bertz CT molecular complexity index is 1080. The molecule has 29 heavy (non-hydrogen) atoms. The van der Waals surface area contributed by atoms with Gasteiger partial charge in [-0.3, -0.25) is 14.2 Å². The first-order valence-electron chi connectivity index (χ1n) is 8.92. The molecule has 3 rings (SSSR count). The Morgan fingerprint density at radius 3 is 2.55 bits per heavy atom. The lowest BCUT2D eigenvalue weighted by molar-refractivity contribution is -0.120. The number of methoxy groups -OCH3 is 1. The third kappa shape index (κ3) is 4.32. The number of amides is 1. The average Bonchev–Trinajstić information content (AvgIpc) is 2.96. The van der Waals surface area contributed by atoms with Gasteiger partial charge < -0.3 is 15.2 Å². The van der Waals surface area contributed by atoms with Crippen molar-refractivity contribution in [2.24, 2.45) is 0 Å². The minimum Gasteiger partial charge on any atom is -0.495 e. The van der Waals surface area contributed by atoms with E-state index in [4.69, 9.17) is 21.4 Å². The van der Waals surface area contributed by atoms with Crippen LogP contribution < -0.4 is 10.1 Å². The van der Waals surface area contributed by atoms with E-state index in [0.717, 1.165) is 4.47 Å². The van der Waals surface area contributed by atoms with Crippen LogP contribution in [-0.4, -0.2) is 41.7 Å². The van der Waals surface area contributed by atoms with E-state index >= 15 is 0 Å². The van der Waals surface area contributed by atoms with Crippen molar-refractivity contribution in [2.45, 2.75) is 13.3 Å². The molecule has 0 aliphatic heterocycles. The summed E-state index contributed by atoms with van der Waals surface area (Å²) in [5.74, 6) is -0.00104. The van der Waals surface area contributed by atoms with E-state index in [0.29, 0.717) is 38.5 Å². The standard InChI is InChI=1S/C21H20BrClN2O4/c1-12-15(10-20(27)24-7-8-26)16-9-19(29-2)17(23)11-18(16)25(12)21(28)13-3-5-14(22)6-4-13/h3-6,9,11,26H,7-8,10H2,1-2H3,(H,24,27). The van der Waals surface area contributed by atoms with Crippen LogP contribution in [0.25, 0.3) is 10.9 Å². The minimum atomic E-state index is -0.244. The maximum absolute atomic E-state index is 13.3. The zero-order valence-corrected chi connectivity index (χ0v) is 18.3. The molecule has 6 nitrogen and oxygen atoms in total. The molecule has 152 valence electrons. The van der Waals surface area contributed by atoms with E-state index in [1.165, 1.54) is 7.11 Å². The lowest BCUT2D eigenvalue weighted by Crippen LogP contribution is -2.28. The lowest BCUT2D eigenvalue weighted by atomic mass is 10.1. The van der Waals surface area contributed by atoms with Crippen LogP contribution in [0, 0.1) is 6.92 Å². The molecule has 0 spiro atoms. The Morgan fingerprint density at radius 2 is 1.93 bits per heavy atom. The van der Waals surface area contributed by atoms with Gasteiger partial charge in [0.2, 0.25) is 5.91 Å². The van der Waals surface area contributed by atoms with Gasteiger partial charge in [-0.05, 0) is 48.9 Å². The molecule has 0 saturated heterocycles. The Morgan fingerprint density at radius 1 is 1.24 bits per heavy atom. The molecule has 0 aliphatic carbocycles. The van der Waals surface area contributed by atoms with Gasteiger partial charge in [-0.25, -0.2) is 0 Å². The van der Waals surface area contributed by atoms with E-state index < -0.39 is 0 Å². The van der Waals surface area contributed by atoms with E-state index in [9.17, 15) is 9.59 Å². The van der Waals surface area contributed by atoms with Crippen molar-refractivity contribution in [3.8, 4) is 5.75 Å². The third-order valence-corrected chi connectivity index (χ3v) is 5.50. The maximum Gasteiger partial charge on any atom is 0.262 e. The maximum atomic E-state index is 13.3. The van der Waals surface area contributed by atoms with Gasteiger partial charge in [-0.2, -0.15) is 0 Å². The fourth-order valence-corrected chi connectivity index (χ4v) is 3.76. The lowest BCUT2D eigenvalue weighted by Gasteiger charge is -2.09. The van der Waals surface area contributed by atoms with Gasteiger partial charge in [-0.15, -0.1) is 0 Å². The first-order valence-corrected chi connectivity index (χ1v) is 10.1. The second kappa shape index (κ2) is 8.98. The molecular formula is C21H20BrClN2O4. The van der Waals surface area contributed by atoms with E-state index in [1.807, 2.05) is 0 Å². The van der Waals surface area contributed by atoms with Crippen molar-refractivity contribution in [1.82, 2.24) is 9.88 Å². The Labute approximate surface area is 181 Å². The zero-order chi connectivity index (χ0) is 21.1. The predicted molar refractivity (Wildman–Crippen MR) is 116 cm³/mol. The normalized spacial score (nSPS) is 10.9. The monoisotopic (exact) mass is 478 g/mol. The smallest absolute Gasteiger partial charge is 0.262 e. The zero-order valence-electron chi connectivity index (χ0n) is 16.0. The number of aliphatic hydroxyl groups is 1. The van der Waals surface area contributed by atoms with E-state index in [2.05, 4.69) is 21.2 Å². The number of benzene rings is 2. The number of aromatic nitrogens is 1. The number of ether oxygens (including phenoxy) is 1. The molecule has 3 aromatic rings. The van der Waals surface area contributed by atoms with Crippen LogP contribution in [0.2, 0.25) is 5.02 Å². The van der Waals surface area contributed by atoms with Gasteiger partial charge in [-0.1, -0.05) is 27.5 Å². The molecule has 1 amide bonds. The van der Waals surface area contributed by atoms with Crippen LogP contribution in [0.1, 0.15) is 21.6 Å². The number of carbonyl (C=O) groups excluding carboxylic acids is 2. The number of halogens is 2. The number of hydrogen-bond donors (Lipinski definition) is 2. The van der Waals surface area contributed by atoms with Gasteiger partial charge in [0, 0.05) is 27.7 Å². The van der Waals surface area contributed by atoms with Crippen molar-refractivity contribution in [3.63, 3.8) is 0 Å². The average molecular weight is 480 g/mol. The molecule has 1 heterocycles. The number of aliphatic hydroxyl groups excluding tert-OH is 1. The Hall–Kier alpha value is -2.35. The van der Waals surface area contributed by atoms with Crippen LogP contribution in [0.15, 0.2) is 40.9 Å². The topological polar surface area (TPSA) is 80.6 Å². The number of carbonyl (C=O) groups is 2. The van der Waals surface area contributed by atoms with Gasteiger partial charge >= 0.3 is 0 Å². The second-order valence-electron chi connectivity index (χ2n) is 6.47. The Kier molecular flexibility index (Phi) is 6.62. The van der Waals surface area contributed by atoms with Crippen molar-refractivity contribution < 1.29 is 19.4 Å². The molecule has 0 fully saturated rings. The summed E-state index contributed by atoms with van der Waals surface area (Å²) >= 11 is 9.69. The van der Waals surface area contributed by atoms with Crippen molar-refractivity contribution in [2.75, 3.05) is 20.3 Å². The highest BCUT2D eigenvalue weighted by Gasteiger charge is 2.23. The van der Waals surface area contributed by atoms with Crippen LogP contribution in [0.5, 0.6) is 5.75 Å². The molecule has 0 bridgehead atoms. The molecule has 0 aliphatic rings. The van der Waals surface area contributed by atoms with Crippen LogP contribution >= 0.6 is 27.5 Å². The number of nitrogens with one attached hydrogen (secondary N) is 1. The molecule has 0 radical (unpaired) electrons. The van der Waals surface area contributed by atoms with Crippen molar-refractivity contribution in [1.29, 1.82) is 0 Å². The molecule has 2 N–H and O–H groups in total. The number of nitrogens with zero attached hydrogens (tertiary/aromatic N) is 1. The molecule has 2 aromatic carbocycles. The van der Waals surface area contributed by atoms with Crippen molar-refractivity contribution in [3.05, 3.63) is 62.7 Å². The van der Waals surface area contributed by atoms with Gasteiger partial charge in [0.1, 0.15) is 5.75 Å². The minimum absolute atomic E-state index is 0.0632. The number of fused-ring (bicyclic) bond motifs is 1. The summed E-state index contributed by atoms with van der Waals surface area (Å²) in [5, 5.41) is 12.7. The summed E-state index contributed by atoms with van der Waals surface area (Å²) < 4.78 is 7.76. The van der Waals surface area contributed by atoms with Crippen molar-refractivity contribution >= 4 is 50.2 Å². The van der Waals surface area contributed by atoms with Gasteiger partial charge in [0.25, 0.3) is 5.91 Å².